The quantitative estimate of drug-likeness (QED) is 0.881. The van der Waals surface area contributed by atoms with Gasteiger partial charge in [-0.05, 0) is 44.7 Å². The number of para-hydroxylation sites is 1. The molecule has 0 bridgehead atoms. The normalized spacial score (nSPS) is 16.1. The molecule has 27 heavy (non-hydrogen) atoms. The van der Waals surface area contributed by atoms with E-state index in [1.807, 2.05) is 50.2 Å². The van der Waals surface area contributed by atoms with Gasteiger partial charge >= 0.3 is 0 Å². The van der Waals surface area contributed by atoms with Gasteiger partial charge in [-0.3, -0.25) is 4.79 Å². The molecule has 144 valence electrons. The number of anilines is 1. The highest BCUT2D eigenvalue weighted by molar-refractivity contribution is 5.96. The highest BCUT2D eigenvalue weighted by atomic mass is 16.5. The third-order valence-electron chi connectivity index (χ3n) is 5.29. The number of aryl methyl sites for hydroxylation is 1. The van der Waals surface area contributed by atoms with Crippen LogP contribution in [0.1, 0.15) is 34.5 Å². The van der Waals surface area contributed by atoms with E-state index in [1.165, 1.54) is 0 Å². The zero-order valence-corrected chi connectivity index (χ0v) is 16.7. The molecule has 1 aliphatic rings. The molecule has 1 aliphatic heterocycles. The number of hydrogen-bond donors (Lipinski definition) is 1. The van der Waals surface area contributed by atoms with Crippen LogP contribution in [-0.4, -0.2) is 51.1 Å². The van der Waals surface area contributed by atoms with Crippen molar-refractivity contribution < 1.29 is 9.53 Å². The largest absolute Gasteiger partial charge is 0.496 e. The maximum atomic E-state index is 13.0. The Kier molecular flexibility index (Phi) is 6.01. The maximum Gasteiger partial charge on any atom is 0.252 e. The van der Waals surface area contributed by atoms with Crippen molar-refractivity contribution in [3.63, 3.8) is 0 Å². The van der Waals surface area contributed by atoms with Gasteiger partial charge in [-0.2, -0.15) is 0 Å². The van der Waals surface area contributed by atoms with E-state index in [-0.39, 0.29) is 11.9 Å². The minimum atomic E-state index is -0.139. The van der Waals surface area contributed by atoms with Crippen LogP contribution in [0.5, 0.6) is 5.75 Å². The van der Waals surface area contributed by atoms with Gasteiger partial charge in [0, 0.05) is 43.0 Å². The predicted molar refractivity (Wildman–Crippen MR) is 110 cm³/mol. The van der Waals surface area contributed by atoms with Gasteiger partial charge in [0.05, 0.1) is 13.2 Å². The first-order valence-corrected chi connectivity index (χ1v) is 9.47. The maximum absolute atomic E-state index is 13.0. The first kappa shape index (κ1) is 19.2. The average Bonchev–Trinajstić information content (AvgIpc) is 2.68. The van der Waals surface area contributed by atoms with Crippen LogP contribution < -0.4 is 15.0 Å². The van der Waals surface area contributed by atoms with Gasteiger partial charge in [0.15, 0.2) is 0 Å². The van der Waals surface area contributed by atoms with Gasteiger partial charge in [-0.1, -0.05) is 24.3 Å². The van der Waals surface area contributed by atoms with Crippen LogP contribution in [0.15, 0.2) is 42.5 Å². The van der Waals surface area contributed by atoms with Crippen LogP contribution in [0.25, 0.3) is 0 Å². The van der Waals surface area contributed by atoms with Crippen molar-refractivity contribution >= 4 is 11.6 Å². The number of nitrogens with one attached hydrogen (secondary N) is 1. The lowest BCUT2D eigenvalue weighted by atomic mass is 10.0. The number of piperazine rings is 1. The van der Waals surface area contributed by atoms with E-state index in [1.54, 1.807) is 7.11 Å². The van der Waals surface area contributed by atoms with Crippen LogP contribution >= 0.6 is 0 Å². The molecule has 0 unspecified atom stereocenters. The van der Waals surface area contributed by atoms with Crippen LogP contribution in [0.3, 0.4) is 0 Å². The lowest BCUT2D eigenvalue weighted by Gasteiger charge is -2.34. The second kappa shape index (κ2) is 8.44. The van der Waals surface area contributed by atoms with Crippen LogP contribution in [0, 0.1) is 6.92 Å². The molecule has 0 saturated carbocycles. The number of nitrogens with zero attached hydrogens (tertiary/aromatic N) is 2. The Bertz CT molecular complexity index is 798. The molecule has 1 N–H and O–H groups in total. The van der Waals surface area contributed by atoms with Crippen LogP contribution in [0.2, 0.25) is 0 Å². The second-order valence-electron chi connectivity index (χ2n) is 7.23. The first-order valence-electron chi connectivity index (χ1n) is 9.47. The fourth-order valence-corrected chi connectivity index (χ4v) is 3.49. The van der Waals surface area contributed by atoms with Crippen LogP contribution in [0.4, 0.5) is 5.69 Å². The molecule has 2 aromatic rings. The number of hydrogen-bond acceptors (Lipinski definition) is 4. The monoisotopic (exact) mass is 367 g/mol. The van der Waals surface area contributed by atoms with E-state index in [9.17, 15) is 4.79 Å². The molecule has 0 radical (unpaired) electrons. The minimum absolute atomic E-state index is 0.0538. The second-order valence-corrected chi connectivity index (χ2v) is 7.23. The molecule has 5 nitrogen and oxygen atoms in total. The summed E-state index contributed by atoms with van der Waals surface area (Å²) < 4.78 is 5.42. The number of ether oxygens (including phenoxy) is 1. The Morgan fingerprint density at radius 1 is 1.11 bits per heavy atom. The molecule has 3 rings (SSSR count). The van der Waals surface area contributed by atoms with Crippen molar-refractivity contribution in [1.29, 1.82) is 0 Å². The van der Waals surface area contributed by atoms with Crippen molar-refractivity contribution in [3.8, 4) is 5.75 Å². The third-order valence-corrected chi connectivity index (χ3v) is 5.29. The molecule has 2 aromatic carbocycles. The van der Waals surface area contributed by atoms with Crippen molar-refractivity contribution in [3.05, 3.63) is 59.2 Å². The predicted octanol–water partition coefficient (Wildman–Crippen LogP) is 3.25. The Hall–Kier alpha value is -2.53. The van der Waals surface area contributed by atoms with Crippen molar-refractivity contribution in [2.75, 3.05) is 45.2 Å². The molecule has 1 heterocycles. The van der Waals surface area contributed by atoms with E-state index in [4.69, 9.17) is 4.74 Å². The average molecular weight is 367 g/mol. The van der Waals surface area contributed by atoms with Gasteiger partial charge in [0.2, 0.25) is 0 Å². The van der Waals surface area contributed by atoms with E-state index < -0.39 is 0 Å². The Morgan fingerprint density at radius 2 is 1.81 bits per heavy atom. The molecule has 0 aromatic heterocycles. The van der Waals surface area contributed by atoms with Crippen LogP contribution in [-0.2, 0) is 0 Å². The molecule has 0 aliphatic carbocycles. The number of rotatable bonds is 5. The smallest absolute Gasteiger partial charge is 0.252 e. The summed E-state index contributed by atoms with van der Waals surface area (Å²) in [7, 11) is 3.79. The van der Waals surface area contributed by atoms with Gasteiger partial charge in [-0.25, -0.2) is 0 Å². The minimum Gasteiger partial charge on any atom is -0.496 e. The number of amides is 1. The highest BCUT2D eigenvalue weighted by Gasteiger charge is 2.19. The van der Waals surface area contributed by atoms with Gasteiger partial charge in [-0.15, -0.1) is 0 Å². The van der Waals surface area contributed by atoms with E-state index in [0.29, 0.717) is 0 Å². The fraction of sp³-hybridized carbons (Fsp3) is 0.409. The van der Waals surface area contributed by atoms with Gasteiger partial charge < -0.3 is 19.9 Å². The lowest BCUT2D eigenvalue weighted by molar-refractivity contribution is 0.0939. The molecule has 0 spiro atoms. The number of carbonyl (C=O) groups excluding carboxylic acids is 1. The topological polar surface area (TPSA) is 44.8 Å². The van der Waals surface area contributed by atoms with Crippen molar-refractivity contribution in [1.82, 2.24) is 10.2 Å². The molecule has 5 heteroatoms. The summed E-state index contributed by atoms with van der Waals surface area (Å²) in [6, 6.07) is 13.8. The summed E-state index contributed by atoms with van der Waals surface area (Å²) in [5, 5.41) is 3.12. The Labute approximate surface area is 161 Å². The van der Waals surface area contributed by atoms with E-state index in [2.05, 4.69) is 28.2 Å². The molecular weight excluding hydrogens is 338 g/mol. The molecule has 1 saturated heterocycles. The van der Waals surface area contributed by atoms with E-state index >= 15 is 0 Å². The lowest BCUT2D eigenvalue weighted by Crippen LogP contribution is -2.44. The SMILES string of the molecule is COc1ccccc1[C@@H](C)NC(=O)c1cc(N2CCN(C)CC2)ccc1C. The number of benzene rings is 2. The standard InChI is InChI=1S/C22H29N3O2/c1-16-9-10-18(25-13-11-24(3)12-14-25)15-20(16)22(26)23-17(2)19-7-5-6-8-21(19)27-4/h5-10,15,17H,11-14H2,1-4H3,(H,23,26)/t17-/m1/s1. The first-order chi connectivity index (χ1) is 13.0. The third kappa shape index (κ3) is 4.42. The highest BCUT2D eigenvalue weighted by Crippen LogP contribution is 2.26. The summed E-state index contributed by atoms with van der Waals surface area (Å²) in [5.74, 6) is 0.732. The van der Waals surface area contributed by atoms with Crippen molar-refractivity contribution in [2.45, 2.75) is 19.9 Å². The van der Waals surface area contributed by atoms with Gasteiger partial charge in [0.1, 0.15) is 5.75 Å². The summed E-state index contributed by atoms with van der Waals surface area (Å²) in [4.78, 5) is 17.6. The molecule has 1 amide bonds. The molecular formula is C22H29N3O2. The Morgan fingerprint density at radius 3 is 2.52 bits per heavy atom. The molecule has 1 atom stereocenters. The number of carbonyl (C=O) groups is 1. The zero-order valence-electron chi connectivity index (χ0n) is 16.7. The van der Waals surface area contributed by atoms with Gasteiger partial charge in [0.25, 0.3) is 5.91 Å². The summed E-state index contributed by atoms with van der Waals surface area (Å²) >= 11 is 0. The summed E-state index contributed by atoms with van der Waals surface area (Å²) in [5.41, 5.74) is 3.80. The number of likely N-dealkylation sites (N-methyl/N-ethyl adjacent to an activating group) is 1. The summed E-state index contributed by atoms with van der Waals surface area (Å²) in [6.45, 7) is 8.02. The van der Waals surface area contributed by atoms with E-state index in [0.717, 1.165) is 54.3 Å². The summed E-state index contributed by atoms with van der Waals surface area (Å²) in [6.07, 6.45) is 0. The molecule has 1 fully saturated rings. The fourth-order valence-electron chi connectivity index (χ4n) is 3.49. The number of methoxy groups -OCH3 is 1. The van der Waals surface area contributed by atoms with Crippen molar-refractivity contribution in [2.24, 2.45) is 0 Å². The Balaban J connectivity index is 1.77. The zero-order chi connectivity index (χ0) is 19.4.